The average molecular weight is 948 g/mol. The number of hydrogen-bond donors (Lipinski definition) is 6. The Morgan fingerprint density at radius 2 is 0.970 bits per heavy atom. The van der Waals surface area contributed by atoms with Crippen LogP contribution in [-0.4, -0.2) is 100 Å². The number of unbranched alkanes of at least 4 members (excludes halogenated alkanes) is 26. The van der Waals surface area contributed by atoms with Gasteiger partial charge < -0.3 is 45.1 Å². The van der Waals surface area contributed by atoms with Crippen molar-refractivity contribution in [3.63, 3.8) is 0 Å². The number of rotatable bonds is 46. The van der Waals surface area contributed by atoms with Gasteiger partial charge in [0.2, 0.25) is 5.91 Å². The van der Waals surface area contributed by atoms with E-state index in [1.807, 2.05) is 6.08 Å². The lowest BCUT2D eigenvalue weighted by Crippen LogP contribution is -2.60. The molecule has 67 heavy (non-hydrogen) atoms. The SMILES string of the molecule is CCCCC/C=C/CC/C=C/CC/C=C/C(O)C(COC1OC(CO)C(O)C(O)C1O)NC(=O)CCCCCCCCC/C=C\CCCCCCOC(=O)CCCCCCCCCCCCC. The number of aliphatic hydroxyl groups is 5. The van der Waals surface area contributed by atoms with Gasteiger partial charge >= 0.3 is 5.97 Å². The summed E-state index contributed by atoms with van der Waals surface area (Å²) in [6, 6.07) is -0.846. The van der Waals surface area contributed by atoms with Crippen molar-refractivity contribution in [2.45, 2.75) is 275 Å². The minimum absolute atomic E-state index is 0.0318. The summed E-state index contributed by atoms with van der Waals surface area (Å²) < 4.78 is 16.6. The molecule has 0 spiro atoms. The molecule has 1 fully saturated rings. The van der Waals surface area contributed by atoms with Crippen LogP contribution in [0.2, 0.25) is 0 Å². The smallest absolute Gasteiger partial charge is 0.305 e. The number of allylic oxidation sites excluding steroid dienone is 7. The summed E-state index contributed by atoms with van der Waals surface area (Å²) in [6.07, 6.45) is 46.2. The maximum atomic E-state index is 13.0. The maximum Gasteiger partial charge on any atom is 0.305 e. The lowest BCUT2D eigenvalue weighted by atomic mass is 9.99. The average Bonchev–Trinajstić information content (AvgIpc) is 3.32. The van der Waals surface area contributed by atoms with Crippen molar-refractivity contribution in [3.8, 4) is 0 Å². The number of carbonyl (C=O) groups is 2. The van der Waals surface area contributed by atoms with E-state index in [0.29, 0.717) is 25.9 Å². The number of carbonyl (C=O) groups excluding carboxylic acids is 2. The van der Waals surface area contributed by atoms with Crippen LogP contribution in [0.3, 0.4) is 0 Å². The number of nitrogens with one attached hydrogen (secondary N) is 1. The molecular formula is C56H101NO10. The van der Waals surface area contributed by atoms with E-state index in [1.165, 1.54) is 109 Å². The first-order valence-electron chi connectivity index (χ1n) is 27.4. The fourth-order valence-corrected chi connectivity index (χ4v) is 8.22. The summed E-state index contributed by atoms with van der Waals surface area (Å²) >= 11 is 0. The van der Waals surface area contributed by atoms with E-state index >= 15 is 0 Å². The normalized spacial score (nSPS) is 19.9. The molecule has 6 N–H and O–H groups in total. The van der Waals surface area contributed by atoms with Gasteiger partial charge in [-0.05, 0) is 83.5 Å². The van der Waals surface area contributed by atoms with Crippen LogP contribution in [0.15, 0.2) is 48.6 Å². The van der Waals surface area contributed by atoms with Crippen molar-refractivity contribution in [1.82, 2.24) is 5.32 Å². The number of ether oxygens (including phenoxy) is 3. The highest BCUT2D eigenvalue weighted by Crippen LogP contribution is 2.23. The second-order valence-corrected chi connectivity index (χ2v) is 18.9. The van der Waals surface area contributed by atoms with Crippen LogP contribution in [0.1, 0.15) is 232 Å². The predicted molar refractivity (Wildman–Crippen MR) is 274 cm³/mol. The van der Waals surface area contributed by atoms with E-state index in [-0.39, 0.29) is 18.5 Å². The largest absolute Gasteiger partial charge is 0.466 e. The van der Waals surface area contributed by atoms with Crippen LogP contribution in [-0.2, 0) is 23.8 Å². The molecule has 11 nitrogen and oxygen atoms in total. The topological polar surface area (TPSA) is 175 Å². The third-order valence-corrected chi connectivity index (χ3v) is 12.6. The Labute approximate surface area is 408 Å². The van der Waals surface area contributed by atoms with E-state index in [0.717, 1.165) is 89.9 Å². The molecule has 390 valence electrons. The molecule has 1 aliphatic rings. The highest BCUT2D eigenvalue weighted by atomic mass is 16.7. The summed E-state index contributed by atoms with van der Waals surface area (Å²) in [5.41, 5.74) is 0. The second-order valence-electron chi connectivity index (χ2n) is 18.9. The van der Waals surface area contributed by atoms with Gasteiger partial charge in [-0.15, -0.1) is 0 Å². The maximum absolute atomic E-state index is 13.0. The minimum atomic E-state index is -1.59. The summed E-state index contributed by atoms with van der Waals surface area (Å²) in [5.74, 6) is -0.245. The molecule has 0 aliphatic carbocycles. The zero-order valence-corrected chi connectivity index (χ0v) is 42.6. The Bertz CT molecular complexity index is 1250. The van der Waals surface area contributed by atoms with E-state index < -0.39 is 49.5 Å². The quantitative estimate of drug-likeness (QED) is 0.0196. The van der Waals surface area contributed by atoms with Crippen molar-refractivity contribution < 1.29 is 49.3 Å². The number of amides is 1. The summed E-state index contributed by atoms with van der Waals surface area (Å²) in [5, 5.41) is 54.2. The van der Waals surface area contributed by atoms with E-state index in [9.17, 15) is 35.1 Å². The van der Waals surface area contributed by atoms with Crippen molar-refractivity contribution in [2.24, 2.45) is 0 Å². The van der Waals surface area contributed by atoms with E-state index in [2.05, 4.69) is 55.6 Å². The third-order valence-electron chi connectivity index (χ3n) is 12.6. The molecule has 0 saturated carbocycles. The lowest BCUT2D eigenvalue weighted by molar-refractivity contribution is -0.302. The Hall–Kier alpha value is -2.38. The molecule has 0 bridgehead atoms. The van der Waals surface area contributed by atoms with Crippen molar-refractivity contribution >= 4 is 11.9 Å². The summed E-state index contributed by atoms with van der Waals surface area (Å²) in [6.45, 7) is 4.22. The van der Waals surface area contributed by atoms with E-state index in [1.54, 1.807) is 6.08 Å². The molecule has 0 radical (unpaired) electrons. The van der Waals surface area contributed by atoms with Crippen LogP contribution < -0.4 is 5.32 Å². The van der Waals surface area contributed by atoms with Crippen molar-refractivity contribution in [2.75, 3.05) is 19.8 Å². The van der Waals surface area contributed by atoms with Crippen LogP contribution in [0.25, 0.3) is 0 Å². The molecule has 7 atom stereocenters. The number of hydrogen-bond acceptors (Lipinski definition) is 10. The number of esters is 1. The van der Waals surface area contributed by atoms with Crippen LogP contribution in [0.4, 0.5) is 0 Å². The monoisotopic (exact) mass is 948 g/mol. The van der Waals surface area contributed by atoms with Crippen LogP contribution >= 0.6 is 0 Å². The van der Waals surface area contributed by atoms with Gasteiger partial charge in [0, 0.05) is 12.8 Å². The Kier molecular flexibility index (Phi) is 43.0. The second kappa shape index (κ2) is 46.0. The fraction of sp³-hybridized carbons (Fsp3) is 0.821. The Balaban J connectivity index is 2.19. The number of aliphatic hydroxyl groups excluding tert-OH is 5. The zero-order chi connectivity index (χ0) is 48.8. The minimum Gasteiger partial charge on any atom is -0.466 e. The molecule has 0 aromatic carbocycles. The molecule has 1 amide bonds. The first kappa shape index (κ1) is 62.6. The highest BCUT2D eigenvalue weighted by Gasteiger charge is 2.44. The van der Waals surface area contributed by atoms with Gasteiger partial charge in [-0.2, -0.15) is 0 Å². The standard InChI is InChI=1S/C56H101NO10/c1-3-5-7-9-11-13-15-19-23-26-30-34-38-42-49(59)48(47-66-56-55(64)54(63)53(62)50(46-58)67-56)57-51(60)43-39-35-31-27-24-20-17-16-18-21-25-29-33-37-41-45-65-52(61)44-40-36-32-28-22-14-12-10-8-6-4-2/h11,13,18,21,23,26,38,42,48-50,53-56,58-59,62-64H,3-10,12,14-17,19-20,22,24-25,27-37,39-41,43-47H2,1-2H3,(H,57,60)/b13-11+,21-18-,26-23+,42-38+. The van der Waals surface area contributed by atoms with Gasteiger partial charge in [0.25, 0.3) is 0 Å². The molecule has 1 heterocycles. The van der Waals surface area contributed by atoms with E-state index in [4.69, 9.17) is 14.2 Å². The first-order valence-corrected chi connectivity index (χ1v) is 27.4. The van der Waals surface area contributed by atoms with Gasteiger partial charge in [-0.1, -0.05) is 184 Å². The zero-order valence-electron chi connectivity index (χ0n) is 42.6. The van der Waals surface area contributed by atoms with Crippen LogP contribution in [0, 0.1) is 0 Å². The molecule has 11 heteroatoms. The molecule has 1 aliphatic heterocycles. The summed E-state index contributed by atoms with van der Waals surface area (Å²) in [7, 11) is 0. The van der Waals surface area contributed by atoms with Gasteiger partial charge in [0.1, 0.15) is 24.4 Å². The van der Waals surface area contributed by atoms with Gasteiger partial charge in [0.05, 0.1) is 32.0 Å². The van der Waals surface area contributed by atoms with Crippen LogP contribution in [0.5, 0.6) is 0 Å². The summed E-state index contributed by atoms with van der Waals surface area (Å²) in [4.78, 5) is 25.0. The lowest BCUT2D eigenvalue weighted by Gasteiger charge is -2.40. The van der Waals surface area contributed by atoms with Gasteiger partial charge in [0.15, 0.2) is 6.29 Å². The molecule has 1 rings (SSSR count). The highest BCUT2D eigenvalue weighted by molar-refractivity contribution is 5.76. The van der Waals surface area contributed by atoms with Crippen molar-refractivity contribution in [1.29, 1.82) is 0 Å². The van der Waals surface area contributed by atoms with Crippen molar-refractivity contribution in [3.05, 3.63) is 48.6 Å². The first-order chi connectivity index (χ1) is 32.7. The Morgan fingerprint density at radius 3 is 1.51 bits per heavy atom. The molecule has 0 aromatic rings. The molecule has 0 aromatic heterocycles. The fourth-order valence-electron chi connectivity index (χ4n) is 8.22. The Morgan fingerprint density at radius 1 is 0.537 bits per heavy atom. The van der Waals surface area contributed by atoms with Gasteiger partial charge in [-0.25, -0.2) is 0 Å². The molecular weight excluding hydrogens is 847 g/mol. The third kappa shape index (κ3) is 36.3. The predicted octanol–water partition coefficient (Wildman–Crippen LogP) is 11.7. The van der Waals surface area contributed by atoms with Gasteiger partial charge in [-0.3, -0.25) is 9.59 Å². The molecule has 1 saturated heterocycles. The molecule has 7 unspecified atom stereocenters.